The highest BCUT2D eigenvalue weighted by Gasteiger charge is 2.18. The lowest BCUT2D eigenvalue weighted by Gasteiger charge is -2.15. The number of ether oxygens (including phenoxy) is 1. The smallest absolute Gasteiger partial charge is 0.264 e. The molecule has 3 aromatic heterocycles. The Kier molecular flexibility index (Phi) is 9.30. The number of nitrogens with zero attached hydrogens (tertiary/aromatic N) is 6. The third kappa shape index (κ3) is 6.87. The fourth-order valence-electron chi connectivity index (χ4n) is 5.44. The number of aromatic nitrogens is 5. The molecule has 234 valence electrons. The number of aryl methyl sites for hydroxylation is 3. The van der Waals surface area contributed by atoms with Gasteiger partial charge < -0.3 is 9.15 Å². The Morgan fingerprint density at radius 2 is 1.60 bits per heavy atom. The molecule has 0 aliphatic heterocycles. The van der Waals surface area contributed by atoms with Gasteiger partial charge in [0, 0.05) is 17.5 Å². The number of benzene rings is 3. The minimum atomic E-state index is -0.192. The lowest BCUT2D eigenvalue weighted by molar-refractivity contribution is 0.297. The second kappa shape index (κ2) is 14.0. The van der Waals surface area contributed by atoms with Gasteiger partial charge in [-0.15, -0.1) is 0 Å². The zero-order chi connectivity index (χ0) is 32.8. The fraction of sp³-hybridized carbons (Fsp3) is 0.211. The van der Waals surface area contributed by atoms with E-state index in [4.69, 9.17) is 14.1 Å². The maximum Gasteiger partial charge on any atom is 0.264 e. The van der Waals surface area contributed by atoms with Gasteiger partial charge in [-0.2, -0.15) is 5.26 Å². The Balaban J connectivity index is 1.23. The summed E-state index contributed by atoms with van der Waals surface area (Å²) < 4.78 is 13.2. The predicted octanol–water partition coefficient (Wildman–Crippen LogP) is 7.35. The first kappa shape index (κ1) is 31.1. The number of nitriles is 1. The molecule has 0 fully saturated rings. The Bertz CT molecular complexity index is 2090. The molecular weight excluding hydrogens is 588 g/mol. The number of unbranched alkanes of at least 4 members (excludes halogenated alkanes) is 1. The molecule has 0 saturated heterocycles. The van der Waals surface area contributed by atoms with Gasteiger partial charge in [0.25, 0.3) is 5.56 Å². The first-order valence-electron chi connectivity index (χ1n) is 15.6. The van der Waals surface area contributed by atoms with Crippen molar-refractivity contribution >= 4 is 0 Å². The molecule has 6 rings (SSSR count). The monoisotopic (exact) mass is 622 g/mol. The van der Waals surface area contributed by atoms with Crippen LogP contribution in [0.5, 0.6) is 5.75 Å². The topological polar surface area (TPSA) is 120 Å². The third-order valence-electron chi connectivity index (χ3n) is 7.99. The van der Waals surface area contributed by atoms with Crippen molar-refractivity contribution in [3.8, 4) is 40.3 Å². The van der Waals surface area contributed by atoms with Crippen LogP contribution in [0.15, 0.2) is 100 Å². The molecule has 0 spiro atoms. The Morgan fingerprint density at radius 1 is 0.872 bits per heavy atom. The minimum absolute atomic E-state index is 0.183. The number of hydrogen-bond donors (Lipinski definition) is 0. The van der Waals surface area contributed by atoms with E-state index in [-0.39, 0.29) is 18.1 Å². The van der Waals surface area contributed by atoms with Crippen molar-refractivity contribution in [2.45, 2.75) is 53.1 Å². The van der Waals surface area contributed by atoms with Gasteiger partial charge in [-0.25, -0.2) is 24.5 Å². The summed E-state index contributed by atoms with van der Waals surface area (Å²) in [4.78, 5) is 32.5. The molecule has 9 heteroatoms. The van der Waals surface area contributed by atoms with Crippen LogP contribution in [0, 0.1) is 25.2 Å². The Labute approximate surface area is 273 Å². The molecule has 47 heavy (non-hydrogen) atoms. The van der Waals surface area contributed by atoms with Crippen molar-refractivity contribution in [3.63, 3.8) is 0 Å². The molecule has 0 aliphatic carbocycles. The quantitative estimate of drug-likeness (QED) is 0.147. The van der Waals surface area contributed by atoms with Crippen molar-refractivity contribution in [2.24, 2.45) is 0 Å². The van der Waals surface area contributed by atoms with Crippen LogP contribution in [-0.2, 0) is 19.4 Å². The lowest BCUT2D eigenvalue weighted by atomic mass is 9.97. The van der Waals surface area contributed by atoms with Gasteiger partial charge >= 0.3 is 0 Å². The van der Waals surface area contributed by atoms with E-state index < -0.39 is 0 Å². The van der Waals surface area contributed by atoms with Crippen LogP contribution in [0.1, 0.15) is 59.4 Å². The SMILES string of the molecule is CCCCc1nc(C)n(-c2ncc(OCc3nc(-c4ccccc4)oc3C)cn2)c(=O)c1Cc1ccc(-c2ccccc2C#N)cc1. The van der Waals surface area contributed by atoms with Crippen LogP contribution in [-0.4, -0.2) is 24.5 Å². The van der Waals surface area contributed by atoms with E-state index in [0.29, 0.717) is 52.9 Å². The second-order valence-corrected chi connectivity index (χ2v) is 11.3. The van der Waals surface area contributed by atoms with Gasteiger partial charge in [0.15, 0.2) is 5.75 Å². The largest absolute Gasteiger partial charge is 0.484 e. The first-order chi connectivity index (χ1) is 22.9. The van der Waals surface area contributed by atoms with Crippen LogP contribution in [0.25, 0.3) is 28.5 Å². The molecule has 0 aliphatic rings. The van der Waals surface area contributed by atoms with E-state index in [1.807, 2.05) is 85.8 Å². The third-order valence-corrected chi connectivity index (χ3v) is 7.99. The highest BCUT2D eigenvalue weighted by Crippen LogP contribution is 2.25. The van der Waals surface area contributed by atoms with Crippen molar-refractivity contribution in [1.29, 1.82) is 5.26 Å². The van der Waals surface area contributed by atoms with Crippen LogP contribution >= 0.6 is 0 Å². The molecule has 3 aromatic carbocycles. The van der Waals surface area contributed by atoms with Crippen molar-refractivity contribution in [1.82, 2.24) is 24.5 Å². The van der Waals surface area contributed by atoms with E-state index >= 15 is 0 Å². The first-order valence-corrected chi connectivity index (χ1v) is 15.6. The van der Waals surface area contributed by atoms with Crippen molar-refractivity contribution < 1.29 is 9.15 Å². The number of hydrogen-bond acceptors (Lipinski definition) is 8. The summed E-state index contributed by atoms with van der Waals surface area (Å²) in [5.41, 5.74) is 6.21. The van der Waals surface area contributed by atoms with E-state index in [1.54, 1.807) is 19.3 Å². The standard InChI is InChI=1S/C38H34N6O3/c1-4-5-15-34-33(20-27-16-18-28(19-17-27)32-14-10-9-13-30(32)21-39)37(45)44(26(3)42-34)38-40-22-31(23-41-38)46-24-35-25(2)47-36(43-35)29-11-7-6-8-12-29/h6-14,16-19,22-23H,4-5,15,20,24H2,1-3H3. The molecule has 6 aromatic rings. The lowest BCUT2D eigenvalue weighted by Crippen LogP contribution is -2.29. The van der Waals surface area contributed by atoms with E-state index in [0.717, 1.165) is 40.8 Å². The van der Waals surface area contributed by atoms with Gasteiger partial charge in [-0.1, -0.05) is 74.0 Å². The number of rotatable bonds is 11. The van der Waals surface area contributed by atoms with Gasteiger partial charge in [-0.05, 0) is 61.6 Å². The second-order valence-electron chi connectivity index (χ2n) is 11.3. The van der Waals surface area contributed by atoms with E-state index in [1.165, 1.54) is 4.57 Å². The summed E-state index contributed by atoms with van der Waals surface area (Å²) in [6.45, 7) is 5.95. The van der Waals surface area contributed by atoms with Crippen molar-refractivity contribution in [3.05, 3.63) is 141 Å². The van der Waals surface area contributed by atoms with Gasteiger partial charge in [0.2, 0.25) is 11.8 Å². The van der Waals surface area contributed by atoms with Crippen LogP contribution in [0.3, 0.4) is 0 Å². The normalized spacial score (nSPS) is 10.9. The maximum atomic E-state index is 14.1. The molecule has 0 bridgehead atoms. The van der Waals surface area contributed by atoms with Gasteiger partial charge in [0.1, 0.15) is 23.9 Å². The zero-order valence-electron chi connectivity index (χ0n) is 26.6. The molecule has 0 amide bonds. The molecule has 3 heterocycles. The fourth-order valence-corrected chi connectivity index (χ4v) is 5.44. The van der Waals surface area contributed by atoms with Gasteiger partial charge in [0.05, 0.1) is 29.7 Å². The predicted molar refractivity (Wildman–Crippen MR) is 179 cm³/mol. The highest BCUT2D eigenvalue weighted by molar-refractivity contribution is 5.70. The summed E-state index contributed by atoms with van der Waals surface area (Å²) in [7, 11) is 0. The molecule has 0 N–H and O–H groups in total. The molecular formula is C38H34N6O3. The molecule has 0 radical (unpaired) electrons. The summed E-state index contributed by atoms with van der Waals surface area (Å²) in [5.74, 6) is 2.40. The molecule has 9 nitrogen and oxygen atoms in total. The van der Waals surface area contributed by atoms with Crippen LogP contribution in [0.2, 0.25) is 0 Å². The highest BCUT2D eigenvalue weighted by atomic mass is 16.5. The van der Waals surface area contributed by atoms with E-state index in [9.17, 15) is 10.1 Å². The maximum absolute atomic E-state index is 14.1. The summed E-state index contributed by atoms with van der Waals surface area (Å²) in [5, 5.41) is 9.52. The van der Waals surface area contributed by atoms with Gasteiger partial charge in [-0.3, -0.25) is 4.79 Å². The van der Waals surface area contributed by atoms with Crippen molar-refractivity contribution in [2.75, 3.05) is 0 Å². The zero-order valence-corrected chi connectivity index (χ0v) is 26.6. The molecule has 0 saturated carbocycles. The van der Waals surface area contributed by atoms with E-state index in [2.05, 4.69) is 27.9 Å². The average molecular weight is 623 g/mol. The Hall–Kier alpha value is -5.88. The average Bonchev–Trinajstić information content (AvgIpc) is 3.49. The summed E-state index contributed by atoms with van der Waals surface area (Å²) in [6, 6.07) is 27.5. The molecule has 0 atom stereocenters. The summed E-state index contributed by atoms with van der Waals surface area (Å²) in [6.07, 6.45) is 6.12. The molecule has 0 unspecified atom stereocenters. The van der Waals surface area contributed by atoms with Crippen LogP contribution < -0.4 is 10.3 Å². The minimum Gasteiger partial charge on any atom is -0.484 e. The Morgan fingerprint density at radius 3 is 2.32 bits per heavy atom. The number of oxazole rings is 1. The summed E-state index contributed by atoms with van der Waals surface area (Å²) >= 11 is 0. The van der Waals surface area contributed by atoms with Crippen LogP contribution in [0.4, 0.5) is 0 Å².